The maximum absolute atomic E-state index is 12.1. The maximum Gasteiger partial charge on any atom is 0.245 e. The number of benzene rings is 1. The summed E-state index contributed by atoms with van der Waals surface area (Å²) in [5.74, 6) is -0.0731. The van der Waals surface area contributed by atoms with Crippen LogP contribution in [0.2, 0.25) is 0 Å². The first kappa shape index (κ1) is 14.8. The predicted molar refractivity (Wildman–Crippen MR) is 79.5 cm³/mol. The van der Waals surface area contributed by atoms with Crippen LogP contribution >= 0.6 is 15.9 Å². The number of ether oxygens (including phenoxy) is 1. The quantitative estimate of drug-likeness (QED) is 0.910. The topological polar surface area (TPSA) is 65.4 Å². The van der Waals surface area contributed by atoms with Crippen molar-refractivity contribution in [2.24, 2.45) is 0 Å². The number of amides is 1. The number of nitrogens with zero attached hydrogens (tertiary/aromatic N) is 2. The van der Waals surface area contributed by atoms with Gasteiger partial charge in [-0.3, -0.25) is 4.79 Å². The van der Waals surface area contributed by atoms with Crippen LogP contribution in [0.1, 0.15) is 12.5 Å². The maximum atomic E-state index is 12.1. The number of rotatable bonds is 3. The Bertz CT molecular complexity index is 542. The van der Waals surface area contributed by atoms with Crippen molar-refractivity contribution >= 4 is 27.5 Å². The molecule has 1 saturated heterocycles. The van der Waals surface area contributed by atoms with Gasteiger partial charge < -0.3 is 15.0 Å². The molecule has 1 fully saturated rings. The summed E-state index contributed by atoms with van der Waals surface area (Å²) in [6, 6.07) is 7.23. The number of anilines is 1. The van der Waals surface area contributed by atoms with E-state index in [1.807, 2.05) is 24.0 Å². The average molecular weight is 338 g/mol. The molecule has 5 nitrogen and oxygen atoms in total. The third kappa shape index (κ3) is 3.11. The van der Waals surface area contributed by atoms with Crippen LogP contribution in [0.15, 0.2) is 22.7 Å². The van der Waals surface area contributed by atoms with Gasteiger partial charge in [0.1, 0.15) is 12.1 Å². The van der Waals surface area contributed by atoms with Gasteiger partial charge in [-0.15, -0.1) is 0 Å². The third-order valence-electron chi connectivity index (χ3n) is 3.17. The van der Waals surface area contributed by atoms with Crippen molar-refractivity contribution in [1.29, 1.82) is 5.26 Å². The zero-order valence-corrected chi connectivity index (χ0v) is 12.8. The molecule has 1 N–H and O–H groups in total. The summed E-state index contributed by atoms with van der Waals surface area (Å²) in [5.41, 5.74) is 1.32. The molecule has 0 spiro atoms. The fraction of sp³-hybridized carbons (Fsp3) is 0.429. The Morgan fingerprint density at radius 3 is 3.15 bits per heavy atom. The van der Waals surface area contributed by atoms with Crippen LogP contribution in [0.3, 0.4) is 0 Å². The van der Waals surface area contributed by atoms with Gasteiger partial charge in [0.25, 0.3) is 0 Å². The van der Waals surface area contributed by atoms with Crippen molar-refractivity contribution in [1.82, 2.24) is 5.32 Å². The van der Waals surface area contributed by atoms with Crippen LogP contribution in [0, 0.1) is 11.3 Å². The van der Waals surface area contributed by atoms with Gasteiger partial charge in [0.2, 0.25) is 5.91 Å². The Labute approximate surface area is 126 Å². The number of halogens is 1. The molecule has 0 saturated carbocycles. The Morgan fingerprint density at radius 2 is 2.45 bits per heavy atom. The number of carbonyl (C=O) groups excluding carboxylic acids is 1. The van der Waals surface area contributed by atoms with Crippen molar-refractivity contribution < 1.29 is 9.53 Å². The van der Waals surface area contributed by atoms with E-state index < -0.39 is 6.04 Å². The Balaban J connectivity index is 2.35. The minimum Gasteiger partial charge on any atom is -0.377 e. The first-order valence-electron chi connectivity index (χ1n) is 6.49. The van der Waals surface area contributed by atoms with Gasteiger partial charge in [-0.05, 0) is 25.1 Å². The van der Waals surface area contributed by atoms with Gasteiger partial charge in [0.05, 0.1) is 24.5 Å². The number of hydrogen-bond acceptors (Lipinski definition) is 4. The van der Waals surface area contributed by atoms with Gasteiger partial charge in [0, 0.05) is 17.6 Å². The average Bonchev–Trinajstić information content (AvgIpc) is 2.47. The molecule has 1 aromatic rings. The highest BCUT2D eigenvalue weighted by molar-refractivity contribution is 9.10. The summed E-state index contributed by atoms with van der Waals surface area (Å²) in [6.45, 7) is 3.93. The zero-order valence-electron chi connectivity index (χ0n) is 11.2. The number of hydrogen-bond donors (Lipinski definition) is 1. The number of nitrogens with one attached hydrogen (secondary N) is 1. The van der Waals surface area contributed by atoms with Crippen LogP contribution in [0.4, 0.5) is 5.69 Å². The second-order valence-electron chi connectivity index (χ2n) is 4.45. The van der Waals surface area contributed by atoms with E-state index in [2.05, 4.69) is 27.3 Å². The number of morpholine rings is 1. The van der Waals surface area contributed by atoms with E-state index in [0.717, 1.165) is 10.2 Å². The van der Waals surface area contributed by atoms with Crippen LogP contribution in [0.25, 0.3) is 0 Å². The van der Waals surface area contributed by atoms with Crippen molar-refractivity contribution in [2.45, 2.75) is 13.0 Å². The first-order chi connectivity index (χ1) is 9.67. The lowest BCUT2D eigenvalue weighted by Gasteiger charge is -2.36. The Morgan fingerprint density at radius 1 is 1.65 bits per heavy atom. The first-order valence-corrected chi connectivity index (χ1v) is 7.28. The van der Waals surface area contributed by atoms with Gasteiger partial charge in [-0.1, -0.05) is 15.9 Å². The number of nitriles is 1. The lowest BCUT2D eigenvalue weighted by Crippen LogP contribution is -2.54. The number of carbonyl (C=O) groups is 1. The highest BCUT2D eigenvalue weighted by atomic mass is 79.9. The molecule has 106 valence electrons. The monoisotopic (exact) mass is 337 g/mol. The van der Waals surface area contributed by atoms with Gasteiger partial charge in [-0.25, -0.2) is 0 Å². The lowest BCUT2D eigenvalue weighted by molar-refractivity contribution is -0.124. The molecule has 1 aromatic carbocycles. The van der Waals surface area contributed by atoms with Crippen molar-refractivity contribution in [2.75, 3.05) is 31.2 Å². The van der Waals surface area contributed by atoms with E-state index in [0.29, 0.717) is 31.9 Å². The highest BCUT2D eigenvalue weighted by Crippen LogP contribution is 2.27. The van der Waals surface area contributed by atoms with Crippen molar-refractivity contribution in [3.05, 3.63) is 28.2 Å². The fourth-order valence-electron chi connectivity index (χ4n) is 2.24. The van der Waals surface area contributed by atoms with Crippen molar-refractivity contribution in [3.8, 4) is 6.07 Å². The highest BCUT2D eigenvalue weighted by Gasteiger charge is 2.30. The smallest absolute Gasteiger partial charge is 0.245 e. The van der Waals surface area contributed by atoms with Crippen LogP contribution < -0.4 is 10.2 Å². The molecule has 20 heavy (non-hydrogen) atoms. The predicted octanol–water partition coefficient (Wildman–Crippen LogP) is 1.66. The van der Waals surface area contributed by atoms with Crippen LogP contribution in [-0.2, 0) is 9.53 Å². The summed E-state index contributed by atoms with van der Waals surface area (Å²) in [5, 5.41) is 12.1. The van der Waals surface area contributed by atoms with Crippen LogP contribution in [0.5, 0.6) is 0 Å². The van der Waals surface area contributed by atoms with E-state index in [-0.39, 0.29) is 5.91 Å². The molecular formula is C14H16BrN3O2. The largest absolute Gasteiger partial charge is 0.377 e. The van der Waals surface area contributed by atoms with Gasteiger partial charge in [0.15, 0.2) is 0 Å². The van der Waals surface area contributed by atoms with E-state index in [9.17, 15) is 10.1 Å². The van der Waals surface area contributed by atoms with Crippen molar-refractivity contribution in [3.63, 3.8) is 0 Å². The minimum absolute atomic E-state index is 0.0731. The second-order valence-corrected chi connectivity index (χ2v) is 5.37. The molecular weight excluding hydrogens is 322 g/mol. The summed E-state index contributed by atoms with van der Waals surface area (Å²) in [6.07, 6.45) is 0. The van der Waals surface area contributed by atoms with E-state index in [4.69, 9.17) is 4.74 Å². The normalized spacial score (nSPS) is 18.4. The molecule has 6 heteroatoms. The van der Waals surface area contributed by atoms with E-state index in [1.54, 1.807) is 6.07 Å². The Hall–Kier alpha value is -1.58. The molecule has 1 amide bonds. The summed E-state index contributed by atoms with van der Waals surface area (Å²) < 4.78 is 6.29. The summed E-state index contributed by atoms with van der Waals surface area (Å²) in [7, 11) is 0. The Kier molecular flexibility index (Phi) is 4.99. The van der Waals surface area contributed by atoms with Crippen LogP contribution in [-0.4, -0.2) is 38.3 Å². The number of likely N-dealkylation sites (N-methyl/N-ethyl adjacent to an activating group) is 1. The molecule has 0 bridgehead atoms. The summed E-state index contributed by atoms with van der Waals surface area (Å²) in [4.78, 5) is 14.1. The van der Waals surface area contributed by atoms with E-state index in [1.165, 1.54) is 0 Å². The molecule has 0 radical (unpaired) electrons. The lowest BCUT2D eigenvalue weighted by atomic mass is 10.1. The molecule has 1 aliphatic heterocycles. The van der Waals surface area contributed by atoms with E-state index >= 15 is 0 Å². The molecule has 0 aromatic heterocycles. The minimum atomic E-state index is -0.398. The molecule has 1 heterocycles. The third-order valence-corrected chi connectivity index (χ3v) is 3.67. The van der Waals surface area contributed by atoms with Gasteiger partial charge in [-0.2, -0.15) is 5.26 Å². The van der Waals surface area contributed by atoms with Gasteiger partial charge >= 0.3 is 0 Å². The second kappa shape index (κ2) is 6.73. The fourth-order valence-corrected chi connectivity index (χ4v) is 2.59. The SMILES string of the molecule is CCNC(=O)C1COCCN1c1cc(Br)ccc1C#N. The zero-order chi connectivity index (χ0) is 14.5. The summed E-state index contributed by atoms with van der Waals surface area (Å²) >= 11 is 3.41. The molecule has 1 atom stereocenters. The molecule has 2 rings (SSSR count). The molecule has 1 aliphatic rings. The standard InChI is InChI=1S/C14H16BrN3O2/c1-2-17-14(19)13-9-20-6-5-18(13)12-7-11(15)4-3-10(12)8-16/h3-4,7,13H,2,5-6,9H2,1H3,(H,17,19). The molecule has 0 aliphatic carbocycles. The molecule has 1 unspecified atom stereocenters.